The van der Waals surface area contributed by atoms with E-state index in [1.807, 2.05) is 0 Å². The molecular weight excluding hydrogens is 299 g/mol. The van der Waals surface area contributed by atoms with Crippen molar-refractivity contribution in [3.63, 3.8) is 0 Å². The molecule has 0 aliphatic carbocycles. The van der Waals surface area contributed by atoms with E-state index < -0.39 is 12.1 Å². The molecule has 1 unspecified atom stereocenters. The predicted molar refractivity (Wildman–Crippen MR) is 83.2 cm³/mol. The molecule has 5 nitrogen and oxygen atoms in total. The van der Waals surface area contributed by atoms with Crippen LogP contribution in [0.25, 0.3) is 0 Å². The Morgan fingerprint density at radius 1 is 1.30 bits per heavy atom. The van der Waals surface area contributed by atoms with E-state index in [2.05, 4.69) is 0 Å². The summed E-state index contributed by atoms with van der Waals surface area (Å²) >= 11 is 0. The number of benzene rings is 1. The van der Waals surface area contributed by atoms with Gasteiger partial charge >= 0.3 is 5.97 Å². The Morgan fingerprint density at radius 3 is 2.65 bits per heavy atom. The summed E-state index contributed by atoms with van der Waals surface area (Å²) in [5, 5.41) is 0. The van der Waals surface area contributed by atoms with Gasteiger partial charge in [-0.15, -0.1) is 0 Å². The van der Waals surface area contributed by atoms with Crippen molar-refractivity contribution in [2.75, 3.05) is 7.05 Å². The summed E-state index contributed by atoms with van der Waals surface area (Å²) in [4.78, 5) is 25.7. The van der Waals surface area contributed by atoms with Gasteiger partial charge in [-0.3, -0.25) is 4.79 Å². The Morgan fingerprint density at radius 2 is 2.04 bits per heavy atom. The summed E-state index contributed by atoms with van der Waals surface area (Å²) < 4.78 is 20.0. The van der Waals surface area contributed by atoms with Crippen molar-refractivity contribution in [1.82, 2.24) is 9.47 Å². The number of esters is 1. The van der Waals surface area contributed by atoms with E-state index in [-0.39, 0.29) is 18.3 Å². The molecule has 1 aromatic carbocycles. The van der Waals surface area contributed by atoms with Crippen LogP contribution in [0.1, 0.15) is 23.0 Å². The summed E-state index contributed by atoms with van der Waals surface area (Å²) in [6.07, 6.45) is 0.801. The quantitative estimate of drug-likeness (QED) is 0.795. The monoisotopic (exact) mass is 318 g/mol. The molecule has 1 atom stereocenters. The summed E-state index contributed by atoms with van der Waals surface area (Å²) in [5.41, 5.74) is 1.04. The zero-order chi connectivity index (χ0) is 17.0. The Bertz CT molecular complexity index is 711. The number of rotatable bonds is 5. The lowest BCUT2D eigenvalue weighted by atomic mass is 10.2. The van der Waals surface area contributed by atoms with Gasteiger partial charge in [0.25, 0.3) is 5.91 Å². The van der Waals surface area contributed by atoms with Gasteiger partial charge in [-0.2, -0.15) is 0 Å². The van der Waals surface area contributed by atoms with Crippen LogP contribution in [0.5, 0.6) is 0 Å². The van der Waals surface area contributed by atoms with Crippen LogP contribution < -0.4 is 0 Å². The second-order valence-corrected chi connectivity index (χ2v) is 5.38. The van der Waals surface area contributed by atoms with E-state index in [1.54, 1.807) is 49.1 Å². The molecule has 0 radical (unpaired) electrons. The van der Waals surface area contributed by atoms with Crippen molar-refractivity contribution in [1.29, 1.82) is 0 Å². The molecule has 0 N–H and O–H groups in total. The maximum absolute atomic E-state index is 13.2. The van der Waals surface area contributed by atoms with Gasteiger partial charge in [-0.1, -0.05) is 12.1 Å². The fraction of sp³-hybridized carbons (Fsp3) is 0.294. The molecule has 23 heavy (non-hydrogen) atoms. The van der Waals surface area contributed by atoms with Crippen LogP contribution in [0.4, 0.5) is 4.39 Å². The zero-order valence-electron chi connectivity index (χ0n) is 13.3. The zero-order valence-corrected chi connectivity index (χ0v) is 13.3. The molecule has 0 bridgehead atoms. The molecule has 0 aliphatic rings. The number of ether oxygens (including phenoxy) is 1. The highest BCUT2D eigenvalue weighted by Gasteiger charge is 2.23. The molecule has 0 saturated heterocycles. The van der Waals surface area contributed by atoms with Gasteiger partial charge in [-0.25, -0.2) is 9.18 Å². The van der Waals surface area contributed by atoms with Crippen LogP contribution in [0.2, 0.25) is 0 Å². The Kier molecular flexibility index (Phi) is 5.16. The first-order chi connectivity index (χ1) is 10.9. The minimum absolute atomic E-state index is 0.239. The fourth-order valence-corrected chi connectivity index (χ4v) is 2.24. The average molecular weight is 318 g/mol. The lowest BCUT2D eigenvalue weighted by molar-refractivity contribution is -0.139. The molecule has 0 fully saturated rings. The highest BCUT2D eigenvalue weighted by atomic mass is 19.1. The normalized spacial score (nSPS) is 11.8. The number of hydrogen-bond acceptors (Lipinski definition) is 3. The maximum atomic E-state index is 13.2. The number of likely N-dealkylation sites (N-methyl/N-ethyl adjacent to an activating group) is 1. The molecule has 0 spiro atoms. The number of hydrogen-bond donors (Lipinski definition) is 0. The van der Waals surface area contributed by atoms with Gasteiger partial charge in [0.2, 0.25) is 0 Å². The third kappa shape index (κ3) is 4.18. The van der Waals surface area contributed by atoms with Crippen LogP contribution in [-0.2, 0) is 23.1 Å². The molecule has 0 saturated carbocycles. The predicted octanol–water partition coefficient (Wildman–Crippen LogP) is 2.37. The van der Waals surface area contributed by atoms with Crippen molar-refractivity contribution < 1.29 is 18.7 Å². The number of amides is 1. The van der Waals surface area contributed by atoms with E-state index in [9.17, 15) is 14.0 Å². The molecular formula is C17H19FN2O3. The van der Waals surface area contributed by atoms with E-state index in [1.165, 1.54) is 24.0 Å². The SMILES string of the molecule is CC(OC(=O)c1cccn1C)C(=O)N(C)Cc1cccc(F)c1. The highest BCUT2D eigenvalue weighted by molar-refractivity contribution is 5.90. The smallest absolute Gasteiger partial charge is 0.355 e. The van der Waals surface area contributed by atoms with Gasteiger partial charge in [0.15, 0.2) is 6.10 Å². The number of nitrogens with zero attached hydrogens (tertiary/aromatic N) is 2. The second-order valence-electron chi connectivity index (χ2n) is 5.38. The van der Waals surface area contributed by atoms with Crippen LogP contribution in [-0.4, -0.2) is 34.5 Å². The van der Waals surface area contributed by atoms with E-state index >= 15 is 0 Å². The topological polar surface area (TPSA) is 51.5 Å². The molecule has 2 aromatic rings. The largest absolute Gasteiger partial charge is 0.448 e. The first-order valence-corrected chi connectivity index (χ1v) is 7.20. The first kappa shape index (κ1) is 16.7. The van der Waals surface area contributed by atoms with Crippen molar-refractivity contribution in [3.8, 4) is 0 Å². The van der Waals surface area contributed by atoms with Crippen molar-refractivity contribution in [3.05, 3.63) is 59.7 Å². The van der Waals surface area contributed by atoms with E-state index in [4.69, 9.17) is 4.74 Å². The number of aryl methyl sites for hydroxylation is 1. The summed E-state index contributed by atoms with van der Waals surface area (Å²) in [7, 11) is 3.30. The maximum Gasteiger partial charge on any atom is 0.355 e. The van der Waals surface area contributed by atoms with Gasteiger partial charge in [0, 0.05) is 26.8 Å². The third-order valence-corrected chi connectivity index (χ3v) is 3.47. The highest BCUT2D eigenvalue weighted by Crippen LogP contribution is 2.10. The number of carbonyl (C=O) groups is 2. The van der Waals surface area contributed by atoms with Crippen LogP contribution in [0, 0.1) is 5.82 Å². The fourth-order valence-electron chi connectivity index (χ4n) is 2.24. The van der Waals surface area contributed by atoms with Crippen LogP contribution >= 0.6 is 0 Å². The first-order valence-electron chi connectivity index (χ1n) is 7.20. The van der Waals surface area contributed by atoms with Crippen molar-refractivity contribution >= 4 is 11.9 Å². The molecule has 2 rings (SSSR count). The van der Waals surface area contributed by atoms with Crippen LogP contribution in [0.3, 0.4) is 0 Å². The van der Waals surface area contributed by atoms with Crippen LogP contribution in [0.15, 0.2) is 42.6 Å². The Balaban J connectivity index is 1.96. The summed E-state index contributed by atoms with van der Waals surface area (Å²) in [6, 6.07) is 9.37. The summed E-state index contributed by atoms with van der Waals surface area (Å²) in [5.74, 6) is -1.26. The number of halogens is 1. The van der Waals surface area contributed by atoms with Gasteiger partial charge in [0.05, 0.1) is 0 Å². The molecule has 0 aliphatic heterocycles. The summed E-state index contributed by atoms with van der Waals surface area (Å²) in [6.45, 7) is 1.76. The number of aromatic nitrogens is 1. The molecule has 6 heteroatoms. The van der Waals surface area contributed by atoms with E-state index in [0.29, 0.717) is 11.3 Å². The molecule has 1 heterocycles. The second kappa shape index (κ2) is 7.09. The lowest BCUT2D eigenvalue weighted by Gasteiger charge is -2.21. The van der Waals surface area contributed by atoms with Gasteiger partial charge in [-0.05, 0) is 36.8 Å². The molecule has 122 valence electrons. The van der Waals surface area contributed by atoms with Crippen molar-refractivity contribution in [2.45, 2.75) is 19.6 Å². The molecule has 1 aromatic heterocycles. The Hall–Kier alpha value is -2.63. The molecule has 1 amide bonds. The average Bonchev–Trinajstić information content (AvgIpc) is 2.92. The van der Waals surface area contributed by atoms with Gasteiger partial charge < -0.3 is 14.2 Å². The number of carbonyl (C=O) groups excluding carboxylic acids is 2. The lowest BCUT2D eigenvalue weighted by Crippen LogP contribution is -2.37. The standard InChI is InChI=1S/C17H19FN2O3/c1-12(23-17(22)15-8-5-9-19(15)2)16(21)20(3)11-13-6-4-7-14(18)10-13/h4-10,12H,11H2,1-3H3. The third-order valence-electron chi connectivity index (χ3n) is 3.47. The van der Waals surface area contributed by atoms with E-state index in [0.717, 1.165) is 0 Å². The van der Waals surface area contributed by atoms with Gasteiger partial charge in [0.1, 0.15) is 11.5 Å². The Labute approximate surface area is 134 Å². The minimum Gasteiger partial charge on any atom is -0.448 e. The minimum atomic E-state index is -0.920. The van der Waals surface area contributed by atoms with Crippen molar-refractivity contribution in [2.24, 2.45) is 7.05 Å².